The number of halogens is 1. The molecule has 1 fully saturated rings. The second-order valence-corrected chi connectivity index (χ2v) is 7.47. The molecule has 1 aliphatic heterocycles. The number of hydrogen-bond acceptors (Lipinski definition) is 5. The third kappa shape index (κ3) is 5.52. The van der Waals surface area contributed by atoms with Crippen molar-refractivity contribution in [3.63, 3.8) is 0 Å². The van der Waals surface area contributed by atoms with Crippen LogP contribution in [0.3, 0.4) is 0 Å². The largest absolute Gasteiger partial charge is 0.497 e. The third-order valence-electron chi connectivity index (χ3n) is 5.52. The number of likely N-dealkylation sites (tertiary alicyclic amines) is 1. The van der Waals surface area contributed by atoms with Gasteiger partial charge in [0.2, 0.25) is 11.8 Å². The molecule has 0 aromatic heterocycles. The SMILES string of the molecule is COc1ccc([C@H]2CCCN2CC(=O)N(CCC(N)=O)c2ccc(F)cc2)c(OC)c1. The monoisotopic (exact) mass is 429 g/mol. The number of anilines is 1. The average Bonchev–Trinajstić information content (AvgIpc) is 3.22. The minimum absolute atomic E-state index is 0.0241. The molecule has 2 N–H and O–H groups in total. The van der Waals surface area contributed by atoms with E-state index in [9.17, 15) is 14.0 Å². The Morgan fingerprint density at radius 2 is 1.90 bits per heavy atom. The number of amides is 2. The number of primary amides is 1. The summed E-state index contributed by atoms with van der Waals surface area (Å²) in [4.78, 5) is 28.1. The molecule has 0 radical (unpaired) electrons. The number of carbonyl (C=O) groups is 2. The van der Waals surface area contributed by atoms with E-state index >= 15 is 0 Å². The molecular weight excluding hydrogens is 401 g/mol. The first-order valence-corrected chi connectivity index (χ1v) is 10.2. The lowest BCUT2D eigenvalue weighted by Gasteiger charge is -2.29. The van der Waals surface area contributed by atoms with Gasteiger partial charge in [-0.2, -0.15) is 0 Å². The van der Waals surface area contributed by atoms with Gasteiger partial charge in [0.25, 0.3) is 0 Å². The summed E-state index contributed by atoms with van der Waals surface area (Å²) in [5, 5.41) is 0. The lowest BCUT2D eigenvalue weighted by Crippen LogP contribution is -2.41. The molecule has 1 atom stereocenters. The van der Waals surface area contributed by atoms with Crippen LogP contribution in [0.1, 0.15) is 30.9 Å². The average molecular weight is 429 g/mol. The molecule has 2 amide bonds. The quantitative estimate of drug-likeness (QED) is 0.663. The zero-order valence-corrected chi connectivity index (χ0v) is 17.8. The predicted octanol–water partition coefficient (Wildman–Crippen LogP) is 2.89. The number of nitrogens with zero attached hydrogens (tertiary/aromatic N) is 2. The molecule has 0 aliphatic carbocycles. The van der Waals surface area contributed by atoms with Crippen LogP contribution in [0.15, 0.2) is 42.5 Å². The van der Waals surface area contributed by atoms with E-state index in [4.69, 9.17) is 15.2 Å². The molecule has 3 rings (SSSR count). The van der Waals surface area contributed by atoms with Gasteiger partial charge in [-0.25, -0.2) is 4.39 Å². The molecule has 0 bridgehead atoms. The van der Waals surface area contributed by atoms with E-state index in [2.05, 4.69) is 4.90 Å². The third-order valence-corrected chi connectivity index (χ3v) is 5.52. The maximum atomic E-state index is 13.4. The molecule has 31 heavy (non-hydrogen) atoms. The normalized spacial score (nSPS) is 16.2. The summed E-state index contributed by atoms with van der Waals surface area (Å²) in [5.41, 5.74) is 6.82. The zero-order valence-electron chi connectivity index (χ0n) is 17.8. The topological polar surface area (TPSA) is 85.1 Å². The summed E-state index contributed by atoms with van der Waals surface area (Å²) < 4.78 is 24.2. The van der Waals surface area contributed by atoms with Gasteiger partial charge in [0.1, 0.15) is 17.3 Å². The van der Waals surface area contributed by atoms with Crippen LogP contribution in [0.4, 0.5) is 10.1 Å². The summed E-state index contributed by atoms with van der Waals surface area (Å²) in [6, 6.07) is 11.4. The van der Waals surface area contributed by atoms with Crippen LogP contribution >= 0.6 is 0 Å². The number of hydrogen-bond donors (Lipinski definition) is 1. The lowest BCUT2D eigenvalue weighted by atomic mass is 10.0. The summed E-state index contributed by atoms with van der Waals surface area (Å²) >= 11 is 0. The number of benzene rings is 2. The lowest BCUT2D eigenvalue weighted by molar-refractivity contribution is -0.120. The molecule has 7 nitrogen and oxygen atoms in total. The van der Waals surface area contributed by atoms with Gasteiger partial charge in [-0.15, -0.1) is 0 Å². The minimum atomic E-state index is -0.498. The van der Waals surface area contributed by atoms with Crippen molar-refractivity contribution in [2.45, 2.75) is 25.3 Å². The highest BCUT2D eigenvalue weighted by Gasteiger charge is 2.31. The van der Waals surface area contributed by atoms with Crippen molar-refractivity contribution in [1.29, 1.82) is 0 Å². The first-order valence-electron chi connectivity index (χ1n) is 10.2. The molecule has 1 heterocycles. The highest BCUT2D eigenvalue weighted by atomic mass is 19.1. The van der Waals surface area contributed by atoms with Crippen molar-refractivity contribution >= 4 is 17.5 Å². The van der Waals surface area contributed by atoms with Gasteiger partial charge in [-0.3, -0.25) is 14.5 Å². The summed E-state index contributed by atoms with van der Waals surface area (Å²) in [7, 11) is 3.22. The van der Waals surface area contributed by atoms with Gasteiger partial charge >= 0.3 is 0 Å². The van der Waals surface area contributed by atoms with E-state index in [-0.39, 0.29) is 31.5 Å². The highest BCUT2D eigenvalue weighted by molar-refractivity contribution is 5.95. The maximum Gasteiger partial charge on any atom is 0.241 e. The van der Waals surface area contributed by atoms with Gasteiger partial charge < -0.3 is 20.1 Å². The van der Waals surface area contributed by atoms with Crippen LogP contribution in [0.2, 0.25) is 0 Å². The molecule has 1 saturated heterocycles. The second-order valence-electron chi connectivity index (χ2n) is 7.47. The summed E-state index contributed by atoms with van der Waals surface area (Å²) in [6.07, 6.45) is 1.87. The molecule has 166 valence electrons. The van der Waals surface area contributed by atoms with E-state index < -0.39 is 11.7 Å². The van der Waals surface area contributed by atoms with Crippen molar-refractivity contribution in [3.8, 4) is 11.5 Å². The van der Waals surface area contributed by atoms with Crippen molar-refractivity contribution < 1.29 is 23.5 Å². The minimum Gasteiger partial charge on any atom is -0.497 e. The Balaban J connectivity index is 1.80. The van der Waals surface area contributed by atoms with Crippen molar-refractivity contribution in [3.05, 3.63) is 53.8 Å². The fourth-order valence-electron chi connectivity index (χ4n) is 3.96. The summed E-state index contributed by atoms with van der Waals surface area (Å²) in [6.45, 7) is 1.07. The molecule has 1 aliphatic rings. The van der Waals surface area contributed by atoms with Crippen LogP contribution in [-0.2, 0) is 9.59 Å². The molecule has 8 heteroatoms. The number of carbonyl (C=O) groups excluding carboxylic acids is 2. The first-order chi connectivity index (χ1) is 14.9. The zero-order chi connectivity index (χ0) is 22.4. The fourth-order valence-corrected chi connectivity index (χ4v) is 3.96. The maximum absolute atomic E-state index is 13.4. The van der Waals surface area contributed by atoms with E-state index in [0.29, 0.717) is 17.2 Å². The fraction of sp³-hybridized carbons (Fsp3) is 0.391. The molecule has 2 aromatic carbocycles. The van der Waals surface area contributed by atoms with Crippen molar-refractivity contribution in [2.24, 2.45) is 5.73 Å². The van der Waals surface area contributed by atoms with Crippen LogP contribution in [-0.4, -0.2) is 50.6 Å². The Morgan fingerprint density at radius 3 is 2.55 bits per heavy atom. The van der Waals surface area contributed by atoms with Gasteiger partial charge in [0.15, 0.2) is 0 Å². The highest BCUT2D eigenvalue weighted by Crippen LogP contribution is 2.38. The van der Waals surface area contributed by atoms with Crippen molar-refractivity contribution in [2.75, 3.05) is 38.8 Å². The standard InChI is InChI=1S/C23H28FN3O4/c1-30-18-9-10-19(21(14-18)31-2)20-4-3-12-26(20)15-23(29)27(13-11-22(25)28)17-7-5-16(24)6-8-17/h5-10,14,20H,3-4,11-13,15H2,1-2H3,(H2,25,28)/t20-/m1/s1. The Morgan fingerprint density at radius 1 is 1.16 bits per heavy atom. The van der Waals surface area contributed by atoms with Crippen LogP contribution in [0.5, 0.6) is 11.5 Å². The Labute approximate surface area is 181 Å². The Kier molecular flexibility index (Phi) is 7.46. The number of rotatable bonds is 9. The van der Waals surface area contributed by atoms with E-state index in [1.807, 2.05) is 18.2 Å². The Bertz CT molecular complexity index is 920. The Hall–Kier alpha value is -3.13. The van der Waals surface area contributed by atoms with Gasteiger partial charge in [-0.1, -0.05) is 6.07 Å². The van der Waals surface area contributed by atoms with E-state index in [0.717, 1.165) is 24.9 Å². The smallest absolute Gasteiger partial charge is 0.241 e. The molecule has 0 spiro atoms. The van der Waals surface area contributed by atoms with Crippen LogP contribution in [0.25, 0.3) is 0 Å². The molecule has 0 unspecified atom stereocenters. The molecule has 0 saturated carbocycles. The summed E-state index contributed by atoms with van der Waals surface area (Å²) in [5.74, 6) is 0.356. The number of ether oxygens (including phenoxy) is 2. The number of methoxy groups -OCH3 is 2. The van der Waals surface area contributed by atoms with Crippen LogP contribution in [0, 0.1) is 5.82 Å². The van der Waals surface area contributed by atoms with Crippen LogP contribution < -0.4 is 20.1 Å². The predicted molar refractivity (Wildman–Crippen MR) is 116 cm³/mol. The van der Waals surface area contributed by atoms with E-state index in [1.54, 1.807) is 14.2 Å². The van der Waals surface area contributed by atoms with Gasteiger partial charge in [0, 0.05) is 36.3 Å². The van der Waals surface area contributed by atoms with Gasteiger partial charge in [-0.05, 0) is 49.7 Å². The molecule has 2 aromatic rings. The van der Waals surface area contributed by atoms with E-state index in [1.165, 1.54) is 29.2 Å². The van der Waals surface area contributed by atoms with Crippen molar-refractivity contribution in [1.82, 2.24) is 4.90 Å². The second kappa shape index (κ2) is 10.3. The molecular formula is C23H28FN3O4. The number of nitrogens with two attached hydrogens (primary N) is 1. The first kappa shape index (κ1) is 22.6. The van der Waals surface area contributed by atoms with Gasteiger partial charge in [0.05, 0.1) is 20.8 Å².